The fourth-order valence-electron chi connectivity index (χ4n) is 3.71. The summed E-state index contributed by atoms with van der Waals surface area (Å²) in [7, 11) is 0. The summed E-state index contributed by atoms with van der Waals surface area (Å²) in [6.07, 6.45) is 2.75. The predicted octanol–water partition coefficient (Wildman–Crippen LogP) is 2.78. The van der Waals surface area contributed by atoms with Crippen LogP contribution in [0.25, 0.3) is 11.0 Å². The zero-order valence-corrected chi connectivity index (χ0v) is 22.1. The molecule has 0 radical (unpaired) electrons. The van der Waals surface area contributed by atoms with E-state index in [1.807, 2.05) is 0 Å². The number of hydrogen-bond acceptors (Lipinski definition) is 4. The van der Waals surface area contributed by atoms with E-state index in [1.165, 1.54) is 23.2 Å². The first-order chi connectivity index (χ1) is 17.3. The van der Waals surface area contributed by atoms with Gasteiger partial charge in [0.1, 0.15) is 11.8 Å². The number of para-hydroxylation sites is 1. The van der Waals surface area contributed by atoms with E-state index >= 15 is 0 Å². The third-order valence-corrected chi connectivity index (χ3v) is 13.1. The standard InChI is InChI=1S/C12H10NO3.3C6H5.Sn/c14-6-5-13-7-9-8-16-11-4-2-1-3-10(11)12(9)15;3*1-2-4-6-5-3-1;/h1-4,7-8H,5-6H2;3*1-5H;/q-1;;;;+1. The van der Waals surface area contributed by atoms with E-state index in [4.69, 9.17) is 4.42 Å². The van der Waals surface area contributed by atoms with Crippen LogP contribution in [0.2, 0.25) is 0 Å². The van der Waals surface area contributed by atoms with Crippen LogP contribution in [-0.2, 0) is 0 Å². The van der Waals surface area contributed by atoms with E-state index in [9.17, 15) is 9.90 Å². The molecule has 0 bridgehead atoms. The second-order valence-electron chi connectivity index (χ2n) is 7.73. The van der Waals surface area contributed by atoms with Crippen molar-refractivity contribution < 1.29 is 9.52 Å². The van der Waals surface area contributed by atoms with Gasteiger partial charge >= 0.3 is 121 Å². The first-order valence-electron chi connectivity index (χ1n) is 11.4. The predicted molar refractivity (Wildman–Crippen MR) is 144 cm³/mol. The Labute approximate surface area is 212 Å². The second kappa shape index (κ2) is 12.8. The van der Waals surface area contributed by atoms with Gasteiger partial charge in [-0.1, -0.05) is 12.1 Å². The van der Waals surface area contributed by atoms with Crippen molar-refractivity contribution >= 4 is 47.7 Å². The molecule has 0 spiro atoms. The van der Waals surface area contributed by atoms with Crippen LogP contribution in [0.5, 0.6) is 0 Å². The number of rotatable bonds is 6. The van der Waals surface area contributed by atoms with Gasteiger partial charge in [-0.25, -0.2) is 0 Å². The molecule has 5 heteroatoms. The van der Waals surface area contributed by atoms with Crippen LogP contribution in [0, 0.1) is 0 Å². The molecule has 0 amide bonds. The molecule has 4 nitrogen and oxygen atoms in total. The molecule has 0 saturated carbocycles. The summed E-state index contributed by atoms with van der Waals surface area (Å²) in [4.78, 5) is 15.7. The van der Waals surface area contributed by atoms with Crippen LogP contribution in [0.15, 0.2) is 136 Å². The summed E-state index contributed by atoms with van der Waals surface area (Å²) in [6, 6.07) is 39.9. The number of benzene rings is 4. The van der Waals surface area contributed by atoms with Crippen LogP contribution in [-0.4, -0.2) is 39.1 Å². The zero-order valence-electron chi connectivity index (χ0n) is 19.2. The molecule has 5 aromatic rings. The minimum atomic E-state index is -1.98. The Morgan fingerprint density at radius 3 is 1.71 bits per heavy atom. The van der Waals surface area contributed by atoms with Gasteiger partial charge in [0.2, 0.25) is 5.43 Å². The number of fused-ring (bicyclic) bond motifs is 1. The number of hydrogen-bond donors (Lipinski definition) is 0. The second-order valence-corrected chi connectivity index (χ2v) is 14.8. The van der Waals surface area contributed by atoms with Crippen LogP contribution < -0.4 is 21.3 Å². The SMILES string of the molecule is O=c1c(C=NCC[O-])coc2ccccc12.c1cc[c]([Sn+]([c]2ccccc2)[c]2ccccc2)cc1. The molecule has 1 aromatic heterocycles. The van der Waals surface area contributed by atoms with E-state index in [-0.39, 0.29) is 18.6 Å². The topological polar surface area (TPSA) is 65.6 Å². The van der Waals surface area contributed by atoms with Gasteiger partial charge in [0.15, 0.2) is 0 Å². The Kier molecular flexibility index (Phi) is 9.03. The Morgan fingerprint density at radius 2 is 1.20 bits per heavy atom. The molecule has 0 saturated heterocycles. The van der Waals surface area contributed by atoms with Crippen molar-refractivity contribution in [1.29, 1.82) is 0 Å². The minimum absolute atomic E-state index is 0.128. The van der Waals surface area contributed by atoms with Crippen LogP contribution >= 0.6 is 0 Å². The first kappa shape index (κ1) is 24.6. The molecule has 35 heavy (non-hydrogen) atoms. The molecular formula is C30H25NO3Sn. The maximum atomic E-state index is 11.9. The van der Waals surface area contributed by atoms with Crippen molar-refractivity contribution in [3.63, 3.8) is 0 Å². The van der Waals surface area contributed by atoms with E-state index in [0.717, 1.165) is 0 Å². The molecule has 0 aliphatic heterocycles. The van der Waals surface area contributed by atoms with Crippen molar-refractivity contribution in [3.05, 3.63) is 137 Å². The van der Waals surface area contributed by atoms with Gasteiger partial charge in [0.25, 0.3) is 0 Å². The monoisotopic (exact) mass is 567 g/mol. The third kappa shape index (κ3) is 6.56. The van der Waals surface area contributed by atoms with E-state index in [1.54, 1.807) is 24.3 Å². The Morgan fingerprint density at radius 1 is 0.714 bits per heavy atom. The molecule has 4 aromatic carbocycles. The number of aliphatic imine (C=N–C) groups is 1. The summed E-state index contributed by atoms with van der Waals surface area (Å²) in [5.41, 5.74) is 0.789. The summed E-state index contributed by atoms with van der Waals surface area (Å²) >= 11 is -1.98. The molecule has 0 unspecified atom stereocenters. The quantitative estimate of drug-likeness (QED) is 0.235. The van der Waals surface area contributed by atoms with Crippen LogP contribution in [0.3, 0.4) is 0 Å². The fourth-order valence-corrected chi connectivity index (χ4v) is 11.1. The van der Waals surface area contributed by atoms with Gasteiger partial charge in [-0.2, -0.15) is 0 Å². The van der Waals surface area contributed by atoms with Crippen molar-refractivity contribution in [2.45, 2.75) is 0 Å². The molecule has 5 rings (SSSR count). The maximum absolute atomic E-state index is 11.9. The van der Waals surface area contributed by atoms with E-state index in [0.29, 0.717) is 16.5 Å². The zero-order chi connectivity index (χ0) is 24.3. The van der Waals surface area contributed by atoms with Crippen molar-refractivity contribution in [1.82, 2.24) is 0 Å². The average Bonchev–Trinajstić information content (AvgIpc) is 2.93. The normalized spacial score (nSPS) is 10.7. The molecular weight excluding hydrogens is 541 g/mol. The number of nitrogens with zero attached hydrogens (tertiary/aromatic N) is 1. The third-order valence-electron chi connectivity index (χ3n) is 5.34. The van der Waals surface area contributed by atoms with Crippen molar-refractivity contribution in [2.24, 2.45) is 4.99 Å². The molecule has 172 valence electrons. The Balaban J connectivity index is 0.000000168. The molecule has 0 atom stereocenters. The summed E-state index contributed by atoms with van der Waals surface area (Å²) < 4.78 is 9.87. The van der Waals surface area contributed by atoms with E-state index in [2.05, 4.69) is 96.0 Å². The molecule has 0 aliphatic carbocycles. The summed E-state index contributed by atoms with van der Waals surface area (Å²) in [5.74, 6) is 0. The van der Waals surface area contributed by atoms with Gasteiger partial charge in [-0.05, 0) is 12.1 Å². The summed E-state index contributed by atoms with van der Waals surface area (Å²) in [5, 5.41) is 10.7. The molecule has 1 heterocycles. The van der Waals surface area contributed by atoms with Gasteiger partial charge in [-0.3, -0.25) is 9.79 Å². The van der Waals surface area contributed by atoms with Gasteiger partial charge in [-0.15, -0.1) is 6.61 Å². The van der Waals surface area contributed by atoms with Crippen molar-refractivity contribution in [2.75, 3.05) is 13.2 Å². The Hall–Kier alpha value is -3.48. The van der Waals surface area contributed by atoms with Gasteiger partial charge in [0, 0.05) is 12.8 Å². The molecule has 0 fully saturated rings. The Bertz CT molecular complexity index is 1320. The molecule has 0 N–H and O–H groups in total. The average molecular weight is 566 g/mol. The van der Waals surface area contributed by atoms with Crippen LogP contribution in [0.1, 0.15) is 5.56 Å². The van der Waals surface area contributed by atoms with Crippen molar-refractivity contribution in [3.8, 4) is 0 Å². The van der Waals surface area contributed by atoms with Crippen LogP contribution in [0.4, 0.5) is 0 Å². The molecule has 0 aliphatic rings. The van der Waals surface area contributed by atoms with Gasteiger partial charge in [0.05, 0.1) is 10.9 Å². The first-order valence-corrected chi connectivity index (χ1v) is 15.7. The summed E-state index contributed by atoms with van der Waals surface area (Å²) in [6.45, 7) is -0.109. The fraction of sp³-hybridized carbons (Fsp3) is 0.0667. The van der Waals surface area contributed by atoms with Gasteiger partial charge < -0.3 is 9.52 Å². The van der Waals surface area contributed by atoms with E-state index < -0.39 is 19.8 Å².